The summed E-state index contributed by atoms with van der Waals surface area (Å²) in [7, 11) is 5.08. The number of piperidine rings is 1. The van der Waals surface area contributed by atoms with E-state index in [2.05, 4.69) is 11.4 Å². The molecule has 1 aliphatic heterocycles. The molecule has 0 saturated carbocycles. The lowest BCUT2D eigenvalue weighted by molar-refractivity contribution is 0.183. The van der Waals surface area contributed by atoms with Gasteiger partial charge in [-0.15, -0.1) is 0 Å². The number of methoxy groups -OCH3 is 3. The third-order valence-corrected chi connectivity index (χ3v) is 3.97. The average molecular weight is 279 g/mol. The van der Waals surface area contributed by atoms with E-state index in [1.54, 1.807) is 21.3 Å². The summed E-state index contributed by atoms with van der Waals surface area (Å²) < 4.78 is 16.1. The Morgan fingerprint density at radius 1 is 1.00 bits per heavy atom. The maximum absolute atomic E-state index is 5.42. The van der Waals surface area contributed by atoms with Crippen LogP contribution in [0.1, 0.15) is 24.0 Å². The second kappa shape index (κ2) is 7.50. The molecule has 4 heteroatoms. The van der Waals surface area contributed by atoms with Crippen molar-refractivity contribution in [1.29, 1.82) is 0 Å². The molecule has 1 aromatic rings. The number of rotatable bonds is 6. The molecule has 1 saturated heterocycles. The molecule has 1 aromatic carbocycles. The first-order chi connectivity index (χ1) is 9.78. The second-order valence-electron chi connectivity index (χ2n) is 5.31. The van der Waals surface area contributed by atoms with Crippen molar-refractivity contribution in [1.82, 2.24) is 5.32 Å². The maximum atomic E-state index is 5.42. The third kappa shape index (κ3) is 3.64. The highest BCUT2D eigenvalue weighted by atomic mass is 16.5. The fourth-order valence-corrected chi connectivity index (χ4v) is 2.84. The Bertz CT molecular complexity index is 428. The fraction of sp³-hybridized carbons (Fsp3) is 0.625. The summed E-state index contributed by atoms with van der Waals surface area (Å²) in [5.41, 5.74) is 2.51. The molecule has 2 rings (SSSR count). The minimum atomic E-state index is 0.612. The normalized spacial score (nSPS) is 16.1. The van der Waals surface area contributed by atoms with E-state index in [4.69, 9.17) is 14.2 Å². The van der Waals surface area contributed by atoms with Gasteiger partial charge in [0.05, 0.1) is 20.8 Å². The standard InChI is InChI=1S/C16H25NO3/c1-18-11-14-10-16(20-3)15(19-2)9-13(14)8-12-4-6-17-7-5-12/h9-10,12,17H,4-8,11H2,1-3H3. The summed E-state index contributed by atoms with van der Waals surface area (Å²) in [6.45, 7) is 2.86. The molecule has 1 heterocycles. The zero-order valence-electron chi connectivity index (χ0n) is 12.7. The molecular weight excluding hydrogens is 254 g/mol. The first kappa shape index (κ1) is 15.1. The van der Waals surface area contributed by atoms with Crippen LogP contribution in [0.3, 0.4) is 0 Å². The highest BCUT2D eigenvalue weighted by Gasteiger charge is 2.17. The van der Waals surface area contributed by atoms with Gasteiger partial charge in [-0.1, -0.05) is 0 Å². The van der Waals surface area contributed by atoms with Crippen LogP contribution in [0.4, 0.5) is 0 Å². The molecule has 0 spiro atoms. The summed E-state index contributed by atoms with van der Waals surface area (Å²) in [5.74, 6) is 2.31. The van der Waals surface area contributed by atoms with Gasteiger partial charge in [-0.05, 0) is 61.5 Å². The van der Waals surface area contributed by atoms with E-state index in [1.807, 2.05) is 6.07 Å². The van der Waals surface area contributed by atoms with Gasteiger partial charge in [-0.3, -0.25) is 0 Å². The first-order valence-electron chi connectivity index (χ1n) is 7.22. The highest BCUT2D eigenvalue weighted by Crippen LogP contribution is 2.33. The van der Waals surface area contributed by atoms with Gasteiger partial charge in [-0.25, -0.2) is 0 Å². The predicted molar refractivity (Wildman–Crippen MR) is 79.6 cm³/mol. The smallest absolute Gasteiger partial charge is 0.161 e. The van der Waals surface area contributed by atoms with E-state index in [1.165, 1.54) is 24.0 Å². The van der Waals surface area contributed by atoms with Crippen LogP contribution < -0.4 is 14.8 Å². The Hall–Kier alpha value is -1.26. The SMILES string of the molecule is COCc1cc(OC)c(OC)cc1CC1CCNCC1. The highest BCUT2D eigenvalue weighted by molar-refractivity contribution is 5.47. The Morgan fingerprint density at radius 3 is 2.15 bits per heavy atom. The van der Waals surface area contributed by atoms with E-state index in [0.717, 1.165) is 36.9 Å². The van der Waals surface area contributed by atoms with Gasteiger partial charge in [0.1, 0.15) is 0 Å². The van der Waals surface area contributed by atoms with Crippen LogP contribution in [0.2, 0.25) is 0 Å². The van der Waals surface area contributed by atoms with Crippen molar-refractivity contribution in [2.45, 2.75) is 25.9 Å². The summed E-state index contributed by atoms with van der Waals surface area (Å²) in [6, 6.07) is 4.15. The Morgan fingerprint density at radius 2 is 1.60 bits per heavy atom. The van der Waals surface area contributed by atoms with Gasteiger partial charge in [0.15, 0.2) is 11.5 Å². The van der Waals surface area contributed by atoms with E-state index in [0.29, 0.717) is 6.61 Å². The van der Waals surface area contributed by atoms with Crippen molar-refractivity contribution in [3.63, 3.8) is 0 Å². The fourth-order valence-electron chi connectivity index (χ4n) is 2.84. The number of ether oxygens (including phenoxy) is 3. The van der Waals surface area contributed by atoms with Crippen LogP contribution in [0.5, 0.6) is 11.5 Å². The quantitative estimate of drug-likeness (QED) is 0.868. The van der Waals surface area contributed by atoms with Crippen LogP contribution >= 0.6 is 0 Å². The molecule has 112 valence electrons. The topological polar surface area (TPSA) is 39.7 Å². The maximum Gasteiger partial charge on any atom is 0.161 e. The zero-order valence-corrected chi connectivity index (χ0v) is 12.7. The van der Waals surface area contributed by atoms with Gasteiger partial charge in [-0.2, -0.15) is 0 Å². The van der Waals surface area contributed by atoms with Gasteiger partial charge >= 0.3 is 0 Å². The molecule has 0 aromatic heterocycles. The van der Waals surface area contributed by atoms with Crippen LogP contribution in [0, 0.1) is 5.92 Å². The molecule has 0 aliphatic carbocycles. The van der Waals surface area contributed by atoms with E-state index >= 15 is 0 Å². The largest absolute Gasteiger partial charge is 0.493 e. The van der Waals surface area contributed by atoms with Crippen molar-refractivity contribution in [2.24, 2.45) is 5.92 Å². The molecule has 0 amide bonds. The average Bonchev–Trinajstić information content (AvgIpc) is 2.49. The molecule has 20 heavy (non-hydrogen) atoms. The molecule has 0 bridgehead atoms. The molecule has 1 fully saturated rings. The molecule has 0 atom stereocenters. The number of hydrogen-bond donors (Lipinski definition) is 1. The van der Waals surface area contributed by atoms with Gasteiger partial charge in [0.2, 0.25) is 0 Å². The molecule has 4 nitrogen and oxygen atoms in total. The van der Waals surface area contributed by atoms with Gasteiger partial charge < -0.3 is 19.5 Å². The lowest BCUT2D eigenvalue weighted by atomic mass is 9.89. The van der Waals surface area contributed by atoms with Gasteiger partial charge in [0, 0.05) is 7.11 Å². The number of nitrogens with one attached hydrogen (secondary N) is 1. The van der Waals surface area contributed by atoms with E-state index in [-0.39, 0.29) is 0 Å². The minimum absolute atomic E-state index is 0.612. The van der Waals surface area contributed by atoms with Crippen LogP contribution in [0.25, 0.3) is 0 Å². The van der Waals surface area contributed by atoms with Crippen LogP contribution in [-0.2, 0) is 17.8 Å². The monoisotopic (exact) mass is 279 g/mol. The Kier molecular flexibility index (Phi) is 5.68. The third-order valence-electron chi connectivity index (χ3n) is 3.97. The summed E-state index contributed by atoms with van der Waals surface area (Å²) in [5, 5.41) is 3.41. The van der Waals surface area contributed by atoms with E-state index in [9.17, 15) is 0 Å². The summed E-state index contributed by atoms with van der Waals surface area (Å²) in [4.78, 5) is 0. The first-order valence-corrected chi connectivity index (χ1v) is 7.22. The minimum Gasteiger partial charge on any atom is -0.493 e. The van der Waals surface area contributed by atoms with Crippen molar-refractivity contribution in [3.05, 3.63) is 23.3 Å². The molecule has 0 radical (unpaired) electrons. The van der Waals surface area contributed by atoms with Gasteiger partial charge in [0.25, 0.3) is 0 Å². The molecule has 1 aliphatic rings. The lowest BCUT2D eigenvalue weighted by Crippen LogP contribution is -2.28. The van der Waals surface area contributed by atoms with Crippen LogP contribution in [0.15, 0.2) is 12.1 Å². The Balaban J connectivity index is 2.23. The second-order valence-corrected chi connectivity index (χ2v) is 5.31. The number of hydrogen-bond acceptors (Lipinski definition) is 4. The molecule has 0 unspecified atom stereocenters. The van der Waals surface area contributed by atoms with Crippen molar-refractivity contribution >= 4 is 0 Å². The summed E-state index contributed by atoms with van der Waals surface area (Å²) in [6.07, 6.45) is 3.56. The Labute approximate surface area is 121 Å². The zero-order chi connectivity index (χ0) is 14.4. The van der Waals surface area contributed by atoms with Crippen molar-refractivity contribution < 1.29 is 14.2 Å². The molecule has 1 N–H and O–H groups in total. The van der Waals surface area contributed by atoms with Crippen molar-refractivity contribution in [3.8, 4) is 11.5 Å². The number of benzene rings is 1. The van der Waals surface area contributed by atoms with E-state index < -0.39 is 0 Å². The molecular formula is C16H25NO3. The predicted octanol–water partition coefficient (Wildman–Crippen LogP) is 2.39. The van der Waals surface area contributed by atoms with Crippen molar-refractivity contribution in [2.75, 3.05) is 34.4 Å². The lowest BCUT2D eigenvalue weighted by Gasteiger charge is -2.24. The van der Waals surface area contributed by atoms with Crippen LogP contribution in [-0.4, -0.2) is 34.4 Å². The summed E-state index contributed by atoms with van der Waals surface area (Å²) >= 11 is 0.